The van der Waals surface area contributed by atoms with Crippen LogP contribution in [0.4, 0.5) is 5.69 Å². The fourth-order valence-electron chi connectivity index (χ4n) is 3.30. The molecule has 0 unspecified atom stereocenters. The van der Waals surface area contributed by atoms with Crippen molar-refractivity contribution in [3.05, 3.63) is 65.4 Å². The van der Waals surface area contributed by atoms with Crippen LogP contribution in [0.1, 0.15) is 21.5 Å². The second-order valence-corrected chi connectivity index (χ2v) is 7.22. The molecule has 2 aromatic carbocycles. The Morgan fingerprint density at radius 1 is 1.07 bits per heavy atom. The van der Waals surface area contributed by atoms with E-state index in [-0.39, 0.29) is 24.9 Å². The number of likely N-dealkylation sites (N-methyl/N-ethyl adjacent to an activating group) is 1. The summed E-state index contributed by atoms with van der Waals surface area (Å²) < 4.78 is 6.53. The molecule has 0 fully saturated rings. The zero-order chi connectivity index (χ0) is 21.8. The molecule has 1 heterocycles. The number of fused-ring (bicyclic) bond motifs is 1. The van der Waals surface area contributed by atoms with E-state index >= 15 is 0 Å². The SMILES string of the molecule is COC(=O)c1cn(CC(=O)N(C)CC(=O)Nc2cccc(C)c2C)c2ccccc12. The summed E-state index contributed by atoms with van der Waals surface area (Å²) in [4.78, 5) is 38.6. The Kier molecular flexibility index (Phi) is 6.20. The topological polar surface area (TPSA) is 80.6 Å². The number of hydrogen-bond acceptors (Lipinski definition) is 4. The van der Waals surface area contributed by atoms with Gasteiger partial charge in [0.2, 0.25) is 11.8 Å². The van der Waals surface area contributed by atoms with Gasteiger partial charge in [-0.15, -0.1) is 0 Å². The molecule has 7 nitrogen and oxygen atoms in total. The number of anilines is 1. The molecule has 0 aliphatic rings. The average Bonchev–Trinajstić information content (AvgIpc) is 3.09. The lowest BCUT2D eigenvalue weighted by Gasteiger charge is -2.18. The van der Waals surface area contributed by atoms with Crippen molar-refractivity contribution in [2.24, 2.45) is 0 Å². The van der Waals surface area contributed by atoms with Crippen molar-refractivity contribution in [2.45, 2.75) is 20.4 Å². The number of benzene rings is 2. The average molecular weight is 407 g/mol. The molecule has 7 heteroatoms. The predicted octanol–water partition coefficient (Wildman–Crippen LogP) is 3.14. The van der Waals surface area contributed by atoms with Crippen LogP contribution in [0.15, 0.2) is 48.7 Å². The van der Waals surface area contributed by atoms with Gasteiger partial charge in [-0.2, -0.15) is 0 Å². The number of para-hydroxylation sites is 1. The summed E-state index contributed by atoms with van der Waals surface area (Å²) in [6.07, 6.45) is 1.61. The summed E-state index contributed by atoms with van der Waals surface area (Å²) in [5.41, 5.74) is 3.96. The lowest BCUT2D eigenvalue weighted by atomic mass is 10.1. The van der Waals surface area contributed by atoms with Crippen molar-refractivity contribution in [3.63, 3.8) is 0 Å². The van der Waals surface area contributed by atoms with Crippen LogP contribution in [0, 0.1) is 13.8 Å². The fraction of sp³-hybridized carbons (Fsp3) is 0.261. The number of rotatable bonds is 6. The van der Waals surface area contributed by atoms with Gasteiger partial charge >= 0.3 is 5.97 Å². The fourth-order valence-corrected chi connectivity index (χ4v) is 3.30. The van der Waals surface area contributed by atoms with Crippen LogP contribution in [0.5, 0.6) is 0 Å². The van der Waals surface area contributed by atoms with Crippen molar-refractivity contribution in [3.8, 4) is 0 Å². The second-order valence-electron chi connectivity index (χ2n) is 7.22. The number of nitrogens with zero attached hydrogens (tertiary/aromatic N) is 2. The lowest BCUT2D eigenvalue weighted by molar-refractivity contribution is -0.133. The first kappa shape index (κ1) is 21.1. The minimum atomic E-state index is -0.460. The van der Waals surface area contributed by atoms with E-state index in [4.69, 9.17) is 4.74 Å². The maximum absolute atomic E-state index is 12.7. The molecule has 2 amide bonds. The van der Waals surface area contributed by atoms with Crippen molar-refractivity contribution in [1.29, 1.82) is 0 Å². The molecular weight excluding hydrogens is 382 g/mol. The van der Waals surface area contributed by atoms with Crippen LogP contribution in [-0.4, -0.2) is 48.0 Å². The van der Waals surface area contributed by atoms with E-state index in [1.807, 2.05) is 56.3 Å². The molecule has 0 saturated heterocycles. The largest absolute Gasteiger partial charge is 0.465 e. The third-order valence-electron chi connectivity index (χ3n) is 5.18. The quantitative estimate of drug-likeness (QED) is 0.637. The van der Waals surface area contributed by atoms with Gasteiger partial charge in [-0.05, 0) is 37.1 Å². The van der Waals surface area contributed by atoms with Gasteiger partial charge in [0.15, 0.2) is 0 Å². The molecule has 0 bridgehead atoms. The van der Waals surface area contributed by atoms with E-state index in [0.717, 1.165) is 22.3 Å². The maximum atomic E-state index is 12.7. The molecule has 3 aromatic rings. The minimum Gasteiger partial charge on any atom is -0.465 e. The highest BCUT2D eigenvalue weighted by Gasteiger charge is 2.19. The van der Waals surface area contributed by atoms with Crippen molar-refractivity contribution in [2.75, 3.05) is 26.0 Å². The number of hydrogen-bond donors (Lipinski definition) is 1. The van der Waals surface area contributed by atoms with Crippen LogP contribution in [0.25, 0.3) is 10.9 Å². The highest BCUT2D eigenvalue weighted by molar-refractivity contribution is 6.04. The van der Waals surface area contributed by atoms with Crippen LogP contribution in [-0.2, 0) is 20.9 Å². The molecular formula is C23H25N3O4. The Morgan fingerprint density at radius 3 is 2.53 bits per heavy atom. The summed E-state index contributed by atoms with van der Waals surface area (Å²) in [7, 11) is 2.90. The minimum absolute atomic E-state index is 0.00472. The normalized spacial score (nSPS) is 10.7. The van der Waals surface area contributed by atoms with E-state index in [2.05, 4.69) is 5.32 Å². The summed E-state index contributed by atoms with van der Waals surface area (Å²) in [6, 6.07) is 13.0. The Hall–Kier alpha value is -3.61. The van der Waals surface area contributed by atoms with Gasteiger partial charge in [0.05, 0.1) is 19.2 Å². The first-order valence-corrected chi connectivity index (χ1v) is 9.58. The monoisotopic (exact) mass is 407 g/mol. The Bertz CT molecular complexity index is 1120. The second kappa shape index (κ2) is 8.82. The smallest absolute Gasteiger partial charge is 0.340 e. The Labute approximate surface area is 175 Å². The third-order valence-corrected chi connectivity index (χ3v) is 5.18. The number of carbonyl (C=O) groups excluding carboxylic acids is 3. The third kappa shape index (κ3) is 4.35. The number of methoxy groups -OCH3 is 1. The van der Waals surface area contributed by atoms with E-state index < -0.39 is 5.97 Å². The maximum Gasteiger partial charge on any atom is 0.340 e. The van der Waals surface area contributed by atoms with Gasteiger partial charge in [-0.25, -0.2) is 4.79 Å². The highest BCUT2D eigenvalue weighted by Crippen LogP contribution is 2.22. The molecule has 30 heavy (non-hydrogen) atoms. The van der Waals surface area contributed by atoms with Gasteiger partial charge < -0.3 is 19.5 Å². The number of aryl methyl sites for hydroxylation is 1. The summed E-state index contributed by atoms with van der Waals surface area (Å²) in [5.74, 6) is -0.978. The molecule has 0 atom stereocenters. The van der Waals surface area contributed by atoms with E-state index in [1.165, 1.54) is 12.0 Å². The number of nitrogens with one attached hydrogen (secondary N) is 1. The first-order valence-electron chi connectivity index (χ1n) is 9.58. The molecule has 3 rings (SSSR count). The van der Waals surface area contributed by atoms with Crippen molar-refractivity contribution < 1.29 is 19.1 Å². The van der Waals surface area contributed by atoms with Crippen molar-refractivity contribution >= 4 is 34.4 Å². The first-order chi connectivity index (χ1) is 14.3. The van der Waals surface area contributed by atoms with E-state index in [9.17, 15) is 14.4 Å². The number of carbonyl (C=O) groups is 3. The van der Waals surface area contributed by atoms with E-state index in [0.29, 0.717) is 10.9 Å². The van der Waals surface area contributed by atoms with E-state index in [1.54, 1.807) is 17.8 Å². The van der Waals surface area contributed by atoms with Gasteiger partial charge in [0.25, 0.3) is 0 Å². The number of ether oxygens (including phenoxy) is 1. The Balaban J connectivity index is 1.71. The zero-order valence-electron chi connectivity index (χ0n) is 17.6. The van der Waals surface area contributed by atoms with Gasteiger partial charge in [-0.3, -0.25) is 9.59 Å². The summed E-state index contributed by atoms with van der Waals surface area (Å²) in [6.45, 7) is 3.85. The molecule has 0 radical (unpaired) electrons. The van der Waals surface area contributed by atoms with Crippen LogP contribution in [0.3, 0.4) is 0 Å². The number of amides is 2. The zero-order valence-corrected chi connectivity index (χ0v) is 17.6. The summed E-state index contributed by atoms with van der Waals surface area (Å²) in [5, 5.41) is 3.57. The molecule has 0 saturated carbocycles. The highest BCUT2D eigenvalue weighted by atomic mass is 16.5. The molecule has 1 aromatic heterocycles. The molecule has 1 N–H and O–H groups in total. The van der Waals surface area contributed by atoms with Crippen molar-refractivity contribution in [1.82, 2.24) is 9.47 Å². The molecule has 0 spiro atoms. The van der Waals surface area contributed by atoms with Gasteiger partial charge in [0, 0.05) is 29.8 Å². The number of aromatic nitrogens is 1. The Morgan fingerprint density at radius 2 is 1.80 bits per heavy atom. The van der Waals surface area contributed by atoms with Crippen LogP contribution < -0.4 is 5.32 Å². The van der Waals surface area contributed by atoms with Gasteiger partial charge in [0.1, 0.15) is 6.54 Å². The standard InChI is InChI=1S/C23H25N3O4/c1-15-8-7-10-19(16(15)2)24-21(27)13-25(3)22(28)14-26-12-18(23(29)30-4)17-9-5-6-11-20(17)26/h5-12H,13-14H2,1-4H3,(H,24,27). The van der Waals surface area contributed by atoms with Gasteiger partial charge in [-0.1, -0.05) is 30.3 Å². The van der Waals surface area contributed by atoms with Crippen LogP contribution in [0.2, 0.25) is 0 Å². The lowest BCUT2D eigenvalue weighted by Crippen LogP contribution is -2.36. The molecule has 0 aliphatic carbocycles. The molecule has 156 valence electrons. The van der Waals surface area contributed by atoms with Crippen LogP contribution >= 0.6 is 0 Å². The predicted molar refractivity (Wildman–Crippen MR) is 115 cm³/mol. The number of esters is 1. The molecule has 0 aliphatic heterocycles. The summed E-state index contributed by atoms with van der Waals surface area (Å²) >= 11 is 0.